The van der Waals surface area contributed by atoms with Crippen LogP contribution in [-0.2, 0) is 6.54 Å². The highest BCUT2D eigenvalue weighted by atomic mass is 35.5. The second-order valence-corrected chi connectivity index (χ2v) is 5.15. The lowest BCUT2D eigenvalue weighted by molar-refractivity contribution is 0.265. The molecule has 94 valence electrons. The molecule has 0 spiro atoms. The van der Waals surface area contributed by atoms with Crippen LogP contribution in [0.25, 0.3) is 11.4 Å². The fourth-order valence-corrected chi connectivity index (χ4v) is 2.36. The van der Waals surface area contributed by atoms with Crippen LogP contribution in [0.15, 0.2) is 18.2 Å². The van der Waals surface area contributed by atoms with E-state index in [2.05, 4.69) is 15.5 Å². The normalized spacial score (nSPS) is 15.6. The third kappa shape index (κ3) is 2.06. The molecule has 6 heteroatoms. The molecule has 1 aromatic carbocycles. The van der Waals surface area contributed by atoms with Crippen molar-refractivity contribution in [3.05, 3.63) is 23.2 Å². The van der Waals surface area contributed by atoms with Gasteiger partial charge in [-0.2, -0.15) is 0 Å². The lowest BCUT2D eigenvalue weighted by Crippen LogP contribution is -2.19. The summed E-state index contributed by atoms with van der Waals surface area (Å²) in [6.45, 7) is 0.865. The minimum Gasteiger partial charge on any atom is -0.398 e. The van der Waals surface area contributed by atoms with Crippen LogP contribution in [0, 0.1) is 5.92 Å². The van der Waals surface area contributed by atoms with E-state index in [1.165, 1.54) is 19.3 Å². The average Bonchev–Trinajstić information content (AvgIpc) is 2.71. The third-order valence-electron chi connectivity index (χ3n) is 3.44. The zero-order valence-corrected chi connectivity index (χ0v) is 10.6. The van der Waals surface area contributed by atoms with Gasteiger partial charge in [-0.05, 0) is 47.4 Å². The molecule has 0 saturated heterocycles. The van der Waals surface area contributed by atoms with Crippen molar-refractivity contribution in [2.24, 2.45) is 5.92 Å². The molecule has 0 amide bonds. The summed E-state index contributed by atoms with van der Waals surface area (Å²) in [5.74, 6) is 1.41. The molecular weight excluding hydrogens is 250 g/mol. The van der Waals surface area contributed by atoms with Gasteiger partial charge in [0.15, 0.2) is 5.82 Å². The Morgan fingerprint density at radius 3 is 2.89 bits per heavy atom. The van der Waals surface area contributed by atoms with Gasteiger partial charge >= 0.3 is 0 Å². The summed E-state index contributed by atoms with van der Waals surface area (Å²) < 4.78 is 1.84. The van der Waals surface area contributed by atoms with Gasteiger partial charge in [-0.3, -0.25) is 0 Å². The van der Waals surface area contributed by atoms with Crippen LogP contribution >= 0.6 is 11.6 Å². The average molecular weight is 264 g/mol. The first-order chi connectivity index (χ1) is 8.74. The highest BCUT2D eigenvalue weighted by molar-refractivity contribution is 6.31. The van der Waals surface area contributed by atoms with Crippen LogP contribution < -0.4 is 5.73 Å². The molecule has 0 aliphatic heterocycles. The van der Waals surface area contributed by atoms with Gasteiger partial charge in [-0.1, -0.05) is 18.0 Å². The number of anilines is 1. The Morgan fingerprint density at radius 2 is 2.22 bits per heavy atom. The molecule has 0 atom stereocenters. The van der Waals surface area contributed by atoms with Gasteiger partial charge in [0.25, 0.3) is 0 Å². The number of aromatic nitrogens is 4. The number of hydrogen-bond acceptors (Lipinski definition) is 4. The van der Waals surface area contributed by atoms with Gasteiger partial charge in [0.05, 0.1) is 0 Å². The largest absolute Gasteiger partial charge is 0.398 e. The number of hydrogen-bond donors (Lipinski definition) is 1. The Hall–Kier alpha value is -1.62. The molecule has 1 heterocycles. The maximum absolute atomic E-state index is 5.97. The zero-order chi connectivity index (χ0) is 12.5. The van der Waals surface area contributed by atoms with Crippen molar-refractivity contribution in [2.45, 2.75) is 25.8 Å². The van der Waals surface area contributed by atoms with Crippen LogP contribution in [0.4, 0.5) is 5.69 Å². The summed E-state index contributed by atoms with van der Waals surface area (Å²) in [7, 11) is 0. The molecule has 1 aliphatic rings. The highest BCUT2D eigenvalue weighted by Gasteiger charge is 2.21. The van der Waals surface area contributed by atoms with Crippen molar-refractivity contribution in [1.29, 1.82) is 0 Å². The molecule has 1 saturated carbocycles. The molecule has 1 fully saturated rings. The number of nitrogen functional groups attached to an aromatic ring is 1. The quantitative estimate of drug-likeness (QED) is 0.863. The molecule has 0 bridgehead atoms. The van der Waals surface area contributed by atoms with E-state index in [4.69, 9.17) is 17.3 Å². The zero-order valence-electron chi connectivity index (χ0n) is 9.88. The van der Waals surface area contributed by atoms with Crippen molar-refractivity contribution in [2.75, 3.05) is 5.73 Å². The van der Waals surface area contributed by atoms with E-state index in [0.29, 0.717) is 16.6 Å². The fourth-order valence-electron chi connectivity index (χ4n) is 2.18. The Balaban J connectivity index is 1.93. The maximum atomic E-state index is 5.97. The van der Waals surface area contributed by atoms with Crippen molar-refractivity contribution in [3.8, 4) is 11.4 Å². The summed E-state index contributed by atoms with van der Waals surface area (Å²) in [5, 5.41) is 12.5. The number of rotatable bonds is 3. The molecule has 1 aromatic heterocycles. The molecule has 3 rings (SSSR count). The molecule has 2 aromatic rings. The molecule has 0 unspecified atom stereocenters. The van der Waals surface area contributed by atoms with Crippen molar-refractivity contribution < 1.29 is 0 Å². The predicted octanol–water partition coefficient (Wildman–Crippen LogP) is 2.38. The summed E-state index contributed by atoms with van der Waals surface area (Å²) in [6.07, 6.45) is 3.83. The lowest BCUT2D eigenvalue weighted by Gasteiger charge is -2.25. The van der Waals surface area contributed by atoms with Gasteiger partial charge in [-0.15, -0.1) is 5.10 Å². The molecule has 2 N–H and O–H groups in total. The molecule has 0 radical (unpaired) electrons. The number of benzene rings is 1. The van der Waals surface area contributed by atoms with E-state index in [-0.39, 0.29) is 0 Å². The molecule has 5 nitrogen and oxygen atoms in total. The van der Waals surface area contributed by atoms with Crippen molar-refractivity contribution in [1.82, 2.24) is 20.2 Å². The number of tetrazole rings is 1. The van der Waals surface area contributed by atoms with Gasteiger partial charge in [0.1, 0.15) is 0 Å². The highest BCUT2D eigenvalue weighted by Crippen LogP contribution is 2.30. The van der Waals surface area contributed by atoms with E-state index >= 15 is 0 Å². The standard InChI is InChI=1S/C12H14ClN5/c13-9-4-5-10(11(14)6-9)12-15-16-17-18(12)7-8-2-1-3-8/h4-6,8H,1-3,7,14H2. The van der Waals surface area contributed by atoms with Gasteiger partial charge in [0, 0.05) is 22.8 Å². The Morgan fingerprint density at radius 1 is 1.39 bits per heavy atom. The SMILES string of the molecule is Nc1cc(Cl)ccc1-c1nnnn1CC1CCC1. The fraction of sp³-hybridized carbons (Fsp3) is 0.417. The van der Waals surface area contributed by atoms with E-state index in [9.17, 15) is 0 Å². The van der Waals surface area contributed by atoms with Crippen molar-refractivity contribution >= 4 is 17.3 Å². The first-order valence-electron chi connectivity index (χ1n) is 6.05. The number of nitrogens with zero attached hydrogens (tertiary/aromatic N) is 4. The summed E-state index contributed by atoms with van der Waals surface area (Å²) in [6, 6.07) is 5.38. The second kappa shape index (κ2) is 4.57. The molecule has 1 aliphatic carbocycles. The van der Waals surface area contributed by atoms with Crippen molar-refractivity contribution in [3.63, 3.8) is 0 Å². The van der Waals surface area contributed by atoms with Crippen LogP contribution in [0.2, 0.25) is 5.02 Å². The minimum absolute atomic E-state index is 0.604. The second-order valence-electron chi connectivity index (χ2n) is 4.71. The Kier molecular flexibility index (Phi) is 2.91. The van der Waals surface area contributed by atoms with Gasteiger partial charge < -0.3 is 5.73 Å². The summed E-state index contributed by atoms with van der Waals surface area (Å²) in [4.78, 5) is 0. The number of nitrogens with two attached hydrogens (primary N) is 1. The maximum Gasteiger partial charge on any atom is 0.184 e. The van der Waals surface area contributed by atoms with E-state index in [1.54, 1.807) is 12.1 Å². The lowest BCUT2D eigenvalue weighted by atomic mass is 9.85. The van der Waals surface area contributed by atoms with Crippen LogP contribution in [0.1, 0.15) is 19.3 Å². The molecule has 18 heavy (non-hydrogen) atoms. The van der Waals surface area contributed by atoms with E-state index < -0.39 is 0 Å². The minimum atomic E-state index is 0.604. The van der Waals surface area contributed by atoms with Crippen LogP contribution in [-0.4, -0.2) is 20.2 Å². The van der Waals surface area contributed by atoms with E-state index in [1.807, 2.05) is 10.7 Å². The first kappa shape index (κ1) is 11.5. The van der Waals surface area contributed by atoms with Gasteiger partial charge in [0.2, 0.25) is 0 Å². The van der Waals surface area contributed by atoms with E-state index in [0.717, 1.165) is 17.9 Å². The molecular formula is C12H14ClN5. The first-order valence-corrected chi connectivity index (χ1v) is 6.43. The number of halogens is 1. The smallest absolute Gasteiger partial charge is 0.184 e. The Labute approximate surface area is 110 Å². The summed E-state index contributed by atoms with van der Waals surface area (Å²) in [5.41, 5.74) is 7.41. The third-order valence-corrected chi connectivity index (χ3v) is 3.68. The van der Waals surface area contributed by atoms with Gasteiger partial charge in [-0.25, -0.2) is 4.68 Å². The predicted molar refractivity (Wildman–Crippen MR) is 70.0 cm³/mol. The van der Waals surface area contributed by atoms with Crippen LogP contribution in [0.5, 0.6) is 0 Å². The Bertz CT molecular complexity index is 561. The van der Waals surface area contributed by atoms with Crippen LogP contribution in [0.3, 0.4) is 0 Å². The topological polar surface area (TPSA) is 69.6 Å². The summed E-state index contributed by atoms with van der Waals surface area (Å²) >= 11 is 5.90. The monoisotopic (exact) mass is 263 g/mol.